The smallest absolute Gasteiger partial charge is 0.253 e. The fourth-order valence-corrected chi connectivity index (χ4v) is 6.02. The third-order valence-electron chi connectivity index (χ3n) is 7.66. The summed E-state index contributed by atoms with van der Waals surface area (Å²) in [6.07, 6.45) is 6.45. The van der Waals surface area contributed by atoms with Crippen LogP contribution in [-0.2, 0) is 11.8 Å². The van der Waals surface area contributed by atoms with E-state index in [-0.39, 0.29) is 5.91 Å². The molecule has 30 heavy (non-hydrogen) atoms. The number of hydrogen-bond donors (Lipinski definition) is 1. The Morgan fingerprint density at radius 1 is 0.900 bits per heavy atom. The van der Waals surface area contributed by atoms with Crippen molar-refractivity contribution in [2.75, 3.05) is 32.7 Å². The fraction of sp³-hybridized carbons (Fsp3) is 0.500. The summed E-state index contributed by atoms with van der Waals surface area (Å²) in [5.41, 5.74) is 3.35. The van der Waals surface area contributed by atoms with Crippen molar-refractivity contribution in [3.8, 4) is 0 Å². The summed E-state index contributed by atoms with van der Waals surface area (Å²) in [6, 6.07) is 18.4. The first-order valence-corrected chi connectivity index (χ1v) is 11.4. The number of aryl methyl sites for hydroxylation is 1. The maximum absolute atomic E-state index is 12.9. The Morgan fingerprint density at radius 2 is 1.63 bits per heavy atom. The van der Waals surface area contributed by atoms with E-state index in [9.17, 15) is 9.90 Å². The second kappa shape index (κ2) is 7.82. The molecule has 1 aliphatic carbocycles. The molecule has 0 aromatic heterocycles. The summed E-state index contributed by atoms with van der Waals surface area (Å²) in [5.74, 6) is 0.0360. The van der Waals surface area contributed by atoms with Crippen molar-refractivity contribution >= 4 is 5.91 Å². The van der Waals surface area contributed by atoms with E-state index < -0.39 is 5.60 Å². The number of aliphatic hydroxyl groups is 1. The lowest BCUT2D eigenvalue weighted by atomic mass is 9.73. The average Bonchev–Trinajstić information content (AvgIpc) is 3.14. The van der Waals surface area contributed by atoms with Gasteiger partial charge in [-0.15, -0.1) is 0 Å². The number of piperidine rings is 2. The Kier molecular flexibility index (Phi) is 5.16. The predicted octanol–water partition coefficient (Wildman–Crippen LogP) is 3.63. The molecule has 1 amide bonds. The van der Waals surface area contributed by atoms with Gasteiger partial charge >= 0.3 is 0 Å². The van der Waals surface area contributed by atoms with E-state index in [1.807, 2.05) is 35.2 Å². The van der Waals surface area contributed by atoms with Gasteiger partial charge in [-0.3, -0.25) is 4.79 Å². The zero-order chi connectivity index (χ0) is 20.6. The lowest BCUT2D eigenvalue weighted by Gasteiger charge is -2.45. The van der Waals surface area contributed by atoms with E-state index in [0.29, 0.717) is 24.1 Å². The summed E-state index contributed by atoms with van der Waals surface area (Å²) in [4.78, 5) is 17.1. The molecule has 2 saturated heterocycles. The minimum Gasteiger partial charge on any atom is -0.387 e. The summed E-state index contributed by atoms with van der Waals surface area (Å²) < 4.78 is 0. The van der Waals surface area contributed by atoms with Gasteiger partial charge in [0, 0.05) is 18.7 Å². The Hall–Kier alpha value is -2.17. The molecule has 0 saturated carbocycles. The van der Waals surface area contributed by atoms with Crippen LogP contribution in [0.15, 0.2) is 54.6 Å². The molecule has 2 aromatic carbocycles. The van der Waals surface area contributed by atoms with Gasteiger partial charge in [0.15, 0.2) is 0 Å². The summed E-state index contributed by atoms with van der Waals surface area (Å²) in [6.45, 7) is 3.90. The van der Waals surface area contributed by atoms with E-state index >= 15 is 0 Å². The van der Waals surface area contributed by atoms with Crippen molar-refractivity contribution < 1.29 is 9.90 Å². The molecule has 2 fully saturated rings. The summed E-state index contributed by atoms with van der Waals surface area (Å²) in [7, 11) is 0. The van der Waals surface area contributed by atoms with Gasteiger partial charge in [0.25, 0.3) is 5.91 Å². The molecule has 5 rings (SSSR count). The third kappa shape index (κ3) is 3.67. The van der Waals surface area contributed by atoms with E-state index in [2.05, 4.69) is 29.2 Å². The van der Waals surface area contributed by atoms with Crippen LogP contribution < -0.4 is 0 Å². The maximum atomic E-state index is 12.9. The normalized spacial score (nSPS) is 26.0. The maximum Gasteiger partial charge on any atom is 0.253 e. The second-order valence-electron chi connectivity index (χ2n) is 9.63. The van der Waals surface area contributed by atoms with Gasteiger partial charge in [-0.25, -0.2) is 0 Å². The number of benzene rings is 2. The number of likely N-dealkylation sites (tertiary alicyclic amines) is 2. The van der Waals surface area contributed by atoms with Crippen molar-refractivity contribution in [3.05, 3.63) is 71.3 Å². The lowest BCUT2D eigenvalue weighted by Crippen LogP contribution is -2.57. The molecule has 0 radical (unpaired) electrons. The van der Waals surface area contributed by atoms with E-state index in [1.165, 1.54) is 31.2 Å². The number of hydrogen-bond acceptors (Lipinski definition) is 3. The van der Waals surface area contributed by atoms with E-state index in [1.54, 1.807) is 5.56 Å². The predicted molar refractivity (Wildman–Crippen MR) is 119 cm³/mol. The highest BCUT2D eigenvalue weighted by Crippen LogP contribution is 2.46. The topological polar surface area (TPSA) is 43.8 Å². The molecule has 2 heterocycles. The summed E-state index contributed by atoms with van der Waals surface area (Å²) >= 11 is 0. The van der Waals surface area contributed by atoms with Crippen LogP contribution in [0, 0.1) is 0 Å². The Balaban J connectivity index is 1.22. The van der Waals surface area contributed by atoms with Gasteiger partial charge in [0.05, 0.1) is 12.1 Å². The molecule has 158 valence electrons. The number of carbonyl (C=O) groups is 1. The zero-order valence-electron chi connectivity index (χ0n) is 17.7. The van der Waals surface area contributed by atoms with E-state index in [4.69, 9.17) is 0 Å². The first-order valence-electron chi connectivity index (χ1n) is 11.4. The molecular weight excluding hydrogens is 372 g/mol. The minimum absolute atomic E-state index is 0.0360. The zero-order valence-corrected chi connectivity index (χ0v) is 17.7. The van der Waals surface area contributed by atoms with Gasteiger partial charge in [-0.2, -0.15) is 0 Å². The SMILES string of the molecule is O=C(c1ccccc1)N1CCCC(O)(CN2CCC3(CCc4ccccc43)CC2)C1. The van der Waals surface area contributed by atoms with Crippen molar-refractivity contribution in [2.45, 2.75) is 49.5 Å². The first-order chi connectivity index (χ1) is 14.6. The van der Waals surface area contributed by atoms with Crippen molar-refractivity contribution in [2.24, 2.45) is 0 Å². The second-order valence-corrected chi connectivity index (χ2v) is 9.63. The van der Waals surface area contributed by atoms with Crippen LogP contribution >= 0.6 is 0 Å². The Bertz CT molecular complexity index is 904. The quantitative estimate of drug-likeness (QED) is 0.850. The van der Waals surface area contributed by atoms with Crippen molar-refractivity contribution in [1.82, 2.24) is 9.80 Å². The van der Waals surface area contributed by atoms with Gasteiger partial charge in [0.1, 0.15) is 0 Å². The fourth-order valence-electron chi connectivity index (χ4n) is 6.02. The Labute approximate surface area is 179 Å². The highest BCUT2D eigenvalue weighted by molar-refractivity contribution is 5.94. The summed E-state index contributed by atoms with van der Waals surface area (Å²) in [5, 5.41) is 11.4. The van der Waals surface area contributed by atoms with Gasteiger partial charge in [-0.1, -0.05) is 42.5 Å². The van der Waals surface area contributed by atoms with Gasteiger partial charge in [0.2, 0.25) is 0 Å². The molecule has 1 spiro atoms. The minimum atomic E-state index is -0.805. The number of β-amino-alcohol motifs (C(OH)–C–C–N with tert-alkyl or cyclic N) is 1. The Morgan fingerprint density at radius 3 is 2.43 bits per heavy atom. The van der Waals surface area contributed by atoms with Crippen molar-refractivity contribution in [3.63, 3.8) is 0 Å². The van der Waals surface area contributed by atoms with Gasteiger partial charge in [-0.05, 0) is 80.3 Å². The van der Waals surface area contributed by atoms with Crippen LogP contribution in [0.3, 0.4) is 0 Å². The third-order valence-corrected chi connectivity index (χ3v) is 7.66. The number of amides is 1. The highest BCUT2D eigenvalue weighted by Gasteiger charge is 2.43. The molecule has 0 bridgehead atoms. The standard InChI is InChI=1S/C26H32N2O2/c29-24(22-8-2-1-3-9-22)28-16-6-12-26(30,20-28)19-27-17-14-25(15-18-27)13-11-21-7-4-5-10-23(21)25/h1-5,7-10,30H,6,11-20H2. The van der Waals surface area contributed by atoms with Crippen LogP contribution in [0.4, 0.5) is 0 Å². The first kappa shape index (κ1) is 19.8. The van der Waals surface area contributed by atoms with Crippen molar-refractivity contribution in [1.29, 1.82) is 0 Å². The lowest BCUT2D eigenvalue weighted by molar-refractivity contribution is -0.0525. The molecule has 2 aromatic rings. The van der Waals surface area contributed by atoms with Crippen LogP contribution in [-0.4, -0.2) is 59.1 Å². The molecule has 4 nitrogen and oxygen atoms in total. The molecule has 1 unspecified atom stereocenters. The number of carbonyl (C=O) groups excluding carboxylic acids is 1. The average molecular weight is 405 g/mol. The van der Waals surface area contributed by atoms with Crippen LogP contribution in [0.2, 0.25) is 0 Å². The number of nitrogens with zero attached hydrogens (tertiary/aromatic N) is 2. The molecule has 1 atom stereocenters. The van der Waals surface area contributed by atoms with Crippen LogP contribution in [0.1, 0.15) is 53.6 Å². The van der Waals surface area contributed by atoms with Gasteiger partial charge < -0.3 is 14.9 Å². The van der Waals surface area contributed by atoms with E-state index in [0.717, 1.165) is 32.5 Å². The molecule has 4 heteroatoms. The molecular formula is C26H32N2O2. The molecule has 3 aliphatic rings. The number of rotatable bonds is 3. The molecule has 2 aliphatic heterocycles. The monoisotopic (exact) mass is 404 g/mol. The van der Waals surface area contributed by atoms with Crippen LogP contribution in [0.25, 0.3) is 0 Å². The highest BCUT2D eigenvalue weighted by atomic mass is 16.3. The largest absolute Gasteiger partial charge is 0.387 e. The molecule has 1 N–H and O–H groups in total. The van der Waals surface area contributed by atoms with Crippen LogP contribution in [0.5, 0.6) is 0 Å². The number of fused-ring (bicyclic) bond motifs is 2.